The summed E-state index contributed by atoms with van der Waals surface area (Å²) in [6, 6.07) is 5.87. The van der Waals surface area contributed by atoms with Crippen molar-refractivity contribution in [3.63, 3.8) is 0 Å². The molecule has 3 heteroatoms. The maximum atomic E-state index is 10.6. The second-order valence-corrected chi connectivity index (χ2v) is 5.66. The molecule has 0 spiro atoms. The maximum absolute atomic E-state index is 10.6. The summed E-state index contributed by atoms with van der Waals surface area (Å²) >= 11 is 0. The third-order valence-electron chi connectivity index (χ3n) is 4.44. The SMILES string of the molecule is COc1ccc(C(O)C2C(C)OC(C)C2C)cc1C. The van der Waals surface area contributed by atoms with Crippen molar-refractivity contribution in [2.75, 3.05) is 7.11 Å². The van der Waals surface area contributed by atoms with E-state index in [0.717, 1.165) is 16.9 Å². The predicted molar refractivity (Wildman–Crippen MR) is 75.4 cm³/mol. The first-order chi connectivity index (χ1) is 8.95. The second-order valence-electron chi connectivity index (χ2n) is 5.66. The molecule has 1 aromatic carbocycles. The molecule has 1 heterocycles. The van der Waals surface area contributed by atoms with E-state index in [0.29, 0.717) is 5.92 Å². The Hall–Kier alpha value is -1.06. The standard InChI is InChI=1S/C16H24O3/c1-9-8-13(6-7-14(9)18-5)16(17)15-10(2)11(3)19-12(15)4/h6-8,10-12,15-17H,1-5H3. The van der Waals surface area contributed by atoms with Gasteiger partial charge in [-0.3, -0.25) is 0 Å². The summed E-state index contributed by atoms with van der Waals surface area (Å²) < 4.78 is 11.1. The van der Waals surface area contributed by atoms with Crippen molar-refractivity contribution in [3.8, 4) is 5.75 Å². The van der Waals surface area contributed by atoms with Gasteiger partial charge in [0, 0.05) is 5.92 Å². The van der Waals surface area contributed by atoms with Crippen LogP contribution in [0.2, 0.25) is 0 Å². The maximum Gasteiger partial charge on any atom is 0.121 e. The molecule has 5 unspecified atom stereocenters. The van der Waals surface area contributed by atoms with E-state index in [1.807, 2.05) is 32.0 Å². The fourth-order valence-corrected chi connectivity index (χ4v) is 3.15. The number of rotatable bonds is 3. The number of hydrogen-bond acceptors (Lipinski definition) is 3. The van der Waals surface area contributed by atoms with Crippen LogP contribution in [0.15, 0.2) is 18.2 Å². The molecule has 1 N–H and O–H groups in total. The molecule has 0 aliphatic carbocycles. The van der Waals surface area contributed by atoms with Crippen molar-refractivity contribution in [3.05, 3.63) is 29.3 Å². The van der Waals surface area contributed by atoms with Gasteiger partial charge in [-0.25, -0.2) is 0 Å². The van der Waals surface area contributed by atoms with Crippen LogP contribution in [0.1, 0.15) is 38.0 Å². The van der Waals surface area contributed by atoms with Gasteiger partial charge in [0.2, 0.25) is 0 Å². The third-order valence-corrected chi connectivity index (χ3v) is 4.44. The first kappa shape index (κ1) is 14.4. The smallest absolute Gasteiger partial charge is 0.121 e. The molecule has 1 aliphatic rings. The van der Waals surface area contributed by atoms with Crippen LogP contribution < -0.4 is 4.74 Å². The zero-order valence-electron chi connectivity index (χ0n) is 12.4. The van der Waals surface area contributed by atoms with Gasteiger partial charge in [-0.05, 0) is 49.9 Å². The van der Waals surface area contributed by atoms with Gasteiger partial charge < -0.3 is 14.6 Å². The first-order valence-electron chi connectivity index (χ1n) is 6.93. The van der Waals surface area contributed by atoms with Gasteiger partial charge >= 0.3 is 0 Å². The van der Waals surface area contributed by atoms with Crippen molar-refractivity contribution in [1.29, 1.82) is 0 Å². The van der Waals surface area contributed by atoms with Gasteiger partial charge in [-0.1, -0.05) is 13.0 Å². The fraction of sp³-hybridized carbons (Fsp3) is 0.625. The third kappa shape index (κ3) is 2.63. The Morgan fingerprint density at radius 3 is 2.37 bits per heavy atom. The molecule has 2 rings (SSSR count). The Balaban J connectivity index is 2.24. The van der Waals surface area contributed by atoms with Crippen LogP contribution in [0.3, 0.4) is 0 Å². The number of aliphatic hydroxyl groups excluding tert-OH is 1. The highest BCUT2D eigenvalue weighted by molar-refractivity contribution is 5.37. The van der Waals surface area contributed by atoms with E-state index in [2.05, 4.69) is 13.8 Å². The first-order valence-corrected chi connectivity index (χ1v) is 6.93. The lowest BCUT2D eigenvalue weighted by atomic mass is 9.82. The van der Waals surface area contributed by atoms with Crippen molar-refractivity contribution in [2.45, 2.75) is 46.0 Å². The van der Waals surface area contributed by atoms with E-state index in [1.54, 1.807) is 7.11 Å². The minimum absolute atomic E-state index is 0.0856. The molecule has 1 aliphatic heterocycles. The monoisotopic (exact) mass is 264 g/mol. The van der Waals surface area contributed by atoms with Gasteiger partial charge in [0.15, 0.2) is 0 Å². The van der Waals surface area contributed by atoms with Crippen LogP contribution in [0, 0.1) is 18.8 Å². The van der Waals surface area contributed by atoms with Gasteiger partial charge in [0.05, 0.1) is 25.4 Å². The number of aliphatic hydroxyl groups is 1. The Morgan fingerprint density at radius 2 is 1.89 bits per heavy atom. The average Bonchev–Trinajstić information content (AvgIpc) is 2.62. The van der Waals surface area contributed by atoms with Crippen LogP contribution in [0.4, 0.5) is 0 Å². The summed E-state index contributed by atoms with van der Waals surface area (Å²) in [5.41, 5.74) is 1.99. The molecule has 0 radical (unpaired) electrons. The van der Waals surface area contributed by atoms with Gasteiger partial charge in [0.25, 0.3) is 0 Å². The second kappa shape index (κ2) is 5.51. The van der Waals surface area contributed by atoms with E-state index in [9.17, 15) is 5.11 Å². The molecule has 5 atom stereocenters. The number of benzene rings is 1. The van der Waals surface area contributed by atoms with Crippen molar-refractivity contribution >= 4 is 0 Å². The lowest BCUT2D eigenvalue weighted by Crippen LogP contribution is -2.25. The van der Waals surface area contributed by atoms with E-state index in [-0.39, 0.29) is 18.1 Å². The van der Waals surface area contributed by atoms with E-state index in [4.69, 9.17) is 9.47 Å². The normalized spacial score (nSPS) is 32.3. The summed E-state index contributed by atoms with van der Waals surface area (Å²) in [5.74, 6) is 1.35. The summed E-state index contributed by atoms with van der Waals surface area (Å²) in [7, 11) is 1.66. The number of ether oxygens (including phenoxy) is 2. The number of aryl methyl sites for hydroxylation is 1. The molecular formula is C16H24O3. The number of hydrogen-bond donors (Lipinski definition) is 1. The van der Waals surface area contributed by atoms with Crippen LogP contribution in [0.25, 0.3) is 0 Å². The van der Waals surface area contributed by atoms with Crippen LogP contribution in [0.5, 0.6) is 5.75 Å². The minimum Gasteiger partial charge on any atom is -0.496 e. The molecule has 0 amide bonds. The molecule has 1 fully saturated rings. The quantitative estimate of drug-likeness (QED) is 0.911. The molecule has 19 heavy (non-hydrogen) atoms. The van der Waals surface area contributed by atoms with Crippen LogP contribution >= 0.6 is 0 Å². The Kier molecular flexibility index (Phi) is 4.16. The van der Waals surface area contributed by atoms with Gasteiger partial charge in [0.1, 0.15) is 5.75 Å². The van der Waals surface area contributed by atoms with Crippen LogP contribution in [-0.4, -0.2) is 24.4 Å². The van der Waals surface area contributed by atoms with E-state index < -0.39 is 6.10 Å². The summed E-state index contributed by atoms with van der Waals surface area (Å²) in [5, 5.41) is 10.6. The average molecular weight is 264 g/mol. The molecule has 106 valence electrons. The molecule has 1 saturated heterocycles. The van der Waals surface area contributed by atoms with Gasteiger partial charge in [-0.15, -0.1) is 0 Å². The van der Waals surface area contributed by atoms with Crippen molar-refractivity contribution in [1.82, 2.24) is 0 Å². The van der Waals surface area contributed by atoms with E-state index >= 15 is 0 Å². The Bertz CT molecular complexity index is 444. The highest BCUT2D eigenvalue weighted by atomic mass is 16.5. The molecule has 0 bridgehead atoms. The lowest BCUT2D eigenvalue weighted by Gasteiger charge is -2.25. The zero-order valence-corrected chi connectivity index (χ0v) is 12.4. The molecule has 0 saturated carbocycles. The predicted octanol–water partition coefficient (Wildman–Crippen LogP) is 3.10. The minimum atomic E-state index is -0.487. The molecule has 1 aromatic rings. The topological polar surface area (TPSA) is 38.7 Å². The Labute approximate surface area is 115 Å². The molecule has 0 aromatic heterocycles. The van der Waals surface area contributed by atoms with E-state index in [1.165, 1.54) is 0 Å². The number of methoxy groups -OCH3 is 1. The Morgan fingerprint density at radius 1 is 1.21 bits per heavy atom. The zero-order chi connectivity index (χ0) is 14.2. The fourth-order valence-electron chi connectivity index (χ4n) is 3.15. The summed E-state index contributed by atoms with van der Waals surface area (Å²) in [4.78, 5) is 0. The molecular weight excluding hydrogens is 240 g/mol. The highest BCUT2D eigenvalue weighted by Gasteiger charge is 2.41. The highest BCUT2D eigenvalue weighted by Crippen LogP contribution is 2.41. The summed E-state index contributed by atoms with van der Waals surface area (Å²) in [6.07, 6.45) is -0.198. The van der Waals surface area contributed by atoms with Crippen LogP contribution in [-0.2, 0) is 4.74 Å². The van der Waals surface area contributed by atoms with Gasteiger partial charge in [-0.2, -0.15) is 0 Å². The largest absolute Gasteiger partial charge is 0.496 e. The van der Waals surface area contributed by atoms with Crippen molar-refractivity contribution in [2.24, 2.45) is 11.8 Å². The lowest BCUT2D eigenvalue weighted by molar-refractivity contribution is 0.0231. The molecule has 3 nitrogen and oxygen atoms in total. The van der Waals surface area contributed by atoms with Crippen molar-refractivity contribution < 1.29 is 14.6 Å². The summed E-state index contributed by atoms with van der Waals surface area (Å²) in [6.45, 7) is 8.27.